The molecule has 1 atom stereocenters. The summed E-state index contributed by atoms with van der Waals surface area (Å²) in [6.45, 7) is 5.20. The Morgan fingerprint density at radius 2 is 1.23 bits per heavy atom. The maximum absolute atomic E-state index is 11.5. The Morgan fingerprint density at radius 1 is 0.774 bits per heavy atom. The molecule has 0 rings (SSSR count). The summed E-state index contributed by atoms with van der Waals surface area (Å²) in [5, 5.41) is 10.6. The lowest BCUT2D eigenvalue weighted by Crippen LogP contribution is -2.47. The third kappa shape index (κ3) is 21.9. The number of likely N-dealkylation sites (N-methyl/N-ethyl adjacent to an activating group) is 1. The van der Waals surface area contributed by atoms with Crippen molar-refractivity contribution in [1.82, 2.24) is 0 Å². The summed E-state index contributed by atoms with van der Waals surface area (Å²) in [7, 11) is 4.13. The second kappa shape index (κ2) is 19.6. The van der Waals surface area contributed by atoms with Gasteiger partial charge in [0, 0.05) is 19.3 Å². The average Bonchev–Trinajstić information content (AvgIpc) is 2.66. The summed E-state index contributed by atoms with van der Waals surface area (Å²) in [6, 6.07) is 0. The van der Waals surface area contributed by atoms with Crippen LogP contribution in [0.25, 0.3) is 0 Å². The molecule has 0 saturated heterocycles. The molecule has 0 bridgehead atoms. The van der Waals surface area contributed by atoms with Gasteiger partial charge in [0.25, 0.3) is 0 Å². The zero-order chi connectivity index (χ0) is 23.4. The molecule has 5 nitrogen and oxygen atoms in total. The van der Waals surface area contributed by atoms with E-state index in [4.69, 9.17) is 4.74 Å². The van der Waals surface area contributed by atoms with Gasteiger partial charge in [-0.15, -0.1) is 0 Å². The first-order chi connectivity index (χ1) is 14.8. The number of nitrogens with zero attached hydrogens (tertiary/aromatic N) is 1. The molecular weight excluding hydrogens is 390 g/mol. The minimum Gasteiger partial charge on any atom is -0.550 e. The van der Waals surface area contributed by atoms with Crippen molar-refractivity contribution in [3.63, 3.8) is 0 Å². The van der Waals surface area contributed by atoms with Crippen LogP contribution in [0.1, 0.15) is 123 Å². The molecule has 0 radical (unpaired) electrons. The van der Waals surface area contributed by atoms with Gasteiger partial charge in [-0.05, 0) is 19.3 Å². The number of carbonyl (C=O) groups excluding carboxylic acids is 2. The van der Waals surface area contributed by atoms with E-state index in [1.165, 1.54) is 90.4 Å². The first-order valence-electron chi connectivity index (χ1n) is 13.0. The highest BCUT2D eigenvalue weighted by atomic mass is 16.5. The van der Waals surface area contributed by atoms with Crippen LogP contribution in [0.3, 0.4) is 0 Å². The van der Waals surface area contributed by atoms with Crippen LogP contribution < -0.4 is 5.11 Å². The highest BCUT2D eigenvalue weighted by Gasteiger charge is 2.23. The van der Waals surface area contributed by atoms with E-state index in [9.17, 15) is 14.7 Å². The van der Waals surface area contributed by atoms with E-state index < -0.39 is 5.97 Å². The monoisotopic (exact) mass is 441 g/mol. The van der Waals surface area contributed by atoms with Gasteiger partial charge in [-0.3, -0.25) is 4.79 Å². The molecule has 0 aliphatic heterocycles. The van der Waals surface area contributed by atoms with Crippen LogP contribution in [0.4, 0.5) is 0 Å². The molecule has 184 valence electrons. The number of carboxylic acids is 1. The molecule has 1 unspecified atom stereocenters. The first-order valence-corrected chi connectivity index (χ1v) is 13.0. The van der Waals surface area contributed by atoms with E-state index in [1.807, 2.05) is 0 Å². The van der Waals surface area contributed by atoms with E-state index in [0.717, 1.165) is 25.9 Å². The van der Waals surface area contributed by atoms with Crippen molar-refractivity contribution < 1.29 is 23.9 Å². The summed E-state index contributed by atoms with van der Waals surface area (Å²) in [4.78, 5) is 22.1. The maximum Gasteiger partial charge on any atom is 0.303 e. The van der Waals surface area contributed by atoms with Gasteiger partial charge < -0.3 is 19.1 Å². The fourth-order valence-electron chi connectivity index (χ4n) is 4.28. The second-order valence-electron chi connectivity index (χ2n) is 9.93. The Kier molecular flexibility index (Phi) is 18.9. The molecule has 0 spiro atoms. The van der Waals surface area contributed by atoms with E-state index in [0.29, 0.717) is 10.9 Å². The fourth-order valence-corrected chi connectivity index (χ4v) is 4.28. The van der Waals surface area contributed by atoms with Crippen molar-refractivity contribution in [1.29, 1.82) is 0 Å². The number of quaternary nitrogens is 1. The SMILES string of the molecule is CCCCCCCCCCCCCCCCC(C[N+](C)(C)CCCC(=O)[O-])OC(C)=O. The zero-order valence-electron chi connectivity index (χ0n) is 21.1. The van der Waals surface area contributed by atoms with Crippen molar-refractivity contribution >= 4 is 11.9 Å². The van der Waals surface area contributed by atoms with Gasteiger partial charge in [0.05, 0.1) is 20.6 Å². The number of esters is 1. The molecule has 0 aromatic rings. The highest BCUT2D eigenvalue weighted by Crippen LogP contribution is 2.16. The van der Waals surface area contributed by atoms with Crippen LogP contribution in [-0.4, -0.2) is 49.7 Å². The topological polar surface area (TPSA) is 66.4 Å². The third-order valence-electron chi connectivity index (χ3n) is 6.05. The number of hydrogen-bond acceptors (Lipinski definition) is 4. The number of carboxylic acid groups (broad SMARTS) is 1. The number of ether oxygens (including phenoxy) is 1. The van der Waals surface area contributed by atoms with Crippen molar-refractivity contribution in [2.24, 2.45) is 0 Å². The Labute approximate surface area is 192 Å². The summed E-state index contributed by atoms with van der Waals surface area (Å²) in [6.07, 6.45) is 20.1. The van der Waals surface area contributed by atoms with Gasteiger partial charge in [-0.25, -0.2) is 0 Å². The van der Waals surface area contributed by atoms with E-state index >= 15 is 0 Å². The van der Waals surface area contributed by atoms with Crippen molar-refractivity contribution in [3.05, 3.63) is 0 Å². The molecule has 0 aliphatic carbocycles. The lowest BCUT2D eigenvalue weighted by atomic mass is 10.0. The molecule has 5 heteroatoms. The summed E-state index contributed by atoms with van der Waals surface area (Å²) in [5.41, 5.74) is 0. The standard InChI is InChI=1S/C26H51NO4/c1-5-6-7-8-9-10-11-12-13-14-15-16-17-18-20-25(31-24(2)28)23-27(3,4)22-19-21-26(29)30/h25H,5-23H2,1-4H3. The normalized spacial score (nSPS) is 12.6. The van der Waals surface area contributed by atoms with Crippen molar-refractivity contribution in [3.8, 4) is 0 Å². The molecule has 0 aromatic heterocycles. The van der Waals surface area contributed by atoms with Crippen LogP contribution in [0.5, 0.6) is 0 Å². The van der Waals surface area contributed by atoms with Crippen LogP contribution in [-0.2, 0) is 14.3 Å². The molecule has 0 amide bonds. The lowest BCUT2D eigenvalue weighted by molar-refractivity contribution is -0.893. The minimum atomic E-state index is -1.00. The van der Waals surface area contributed by atoms with E-state index in [2.05, 4.69) is 21.0 Å². The summed E-state index contributed by atoms with van der Waals surface area (Å²) >= 11 is 0. The number of carbonyl (C=O) groups is 2. The number of unbranched alkanes of at least 4 members (excludes halogenated alkanes) is 13. The molecule has 0 N–H and O–H groups in total. The van der Waals surface area contributed by atoms with Gasteiger partial charge in [0.15, 0.2) is 6.10 Å². The number of aliphatic carboxylic acids is 1. The predicted molar refractivity (Wildman–Crippen MR) is 127 cm³/mol. The van der Waals surface area contributed by atoms with E-state index in [1.54, 1.807) is 0 Å². The molecule has 0 aromatic carbocycles. The molecule has 0 fully saturated rings. The van der Waals surface area contributed by atoms with Crippen LogP contribution in [0.2, 0.25) is 0 Å². The van der Waals surface area contributed by atoms with Crippen LogP contribution in [0.15, 0.2) is 0 Å². The van der Waals surface area contributed by atoms with Gasteiger partial charge in [0.2, 0.25) is 0 Å². The van der Waals surface area contributed by atoms with Gasteiger partial charge in [-0.2, -0.15) is 0 Å². The van der Waals surface area contributed by atoms with Gasteiger partial charge in [-0.1, -0.05) is 90.4 Å². The molecule has 0 heterocycles. The van der Waals surface area contributed by atoms with Gasteiger partial charge in [0.1, 0.15) is 6.54 Å². The number of rotatable bonds is 22. The second-order valence-corrected chi connectivity index (χ2v) is 9.93. The Balaban J connectivity index is 3.80. The molecular formula is C26H51NO4. The third-order valence-corrected chi connectivity index (χ3v) is 6.05. The largest absolute Gasteiger partial charge is 0.550 e. The van der Waals surface area contributed by atoms with E-state index in [-0.39, 0.29) is 18.5 Å². The lowest BCUT2D eigenvalue weighted by Gasteiger charge is -2.33. The maximum atomic E-state index is 11.5. The average molecular weight is 442 g/mol. The Hall–Kier alpha value is -1.10. The van der Waals surface area contributed by atoms with Gasteiger partial charge >= 0.3 is 5.97 Å². The Morgan fingerprint density at radius 3 is 1.65 bits per heavy atom. The molecule has 31 heavy (non-hydrogen) atoms. The summed E-state index contributed by atoms with van der Waals surface area (Å²) in [5.74, 6) is -1.23. The van der Waals surface area contributed by atoms with Crippen molar-refractivity contribution in [2.45, 2.75) is 129 Å². The Bertz CT molecular complexity index is 451. The minimum absolute atomic E-state index is 0.0822. The highest BCUT2D eigenvalue weighted by molar-refractivity contribution is 5.66. The summed E-state index contributed by atoms with van der Waals surface area (Å²) < 4.78 is 6.20. The predicted octanol–water partition coefficient (Wildman–Crippen LogP) is 5.40. The first kappa shape index (κ1) is 29.9. The zero-order valence-corrected chi connectivity index (χ0v) is 21.1. The van der Waals surface area contributed by atoms with Crippen LogP contribution >= 0.6 is 0 Å². The number of hydrogen-bond donors (Lipinski definition) is 0. The van der Waals surface area contributed by atoms with Crippen molar-refractivity contribution in [2.75, 3.05) is 27.2 Å². The molecule has 0 aliphatic rings. The quantitative estimate of drug-likeness (QED) is 0.128. The fraction of sp³-hybridized carbons (Fsp3) is 0.923. The molecule has 0 saturated carbocycles. The smallest absolute Gasteiger partial charge is 0.303 e. The van der Waals surface area contributed by atoms with Crippen LogP contribution in [0, 0.1) is 0 Å².